The molecule has 1 fully saturated rings. The van der Waals surface area contributed by atoms with E-state index in [0.29, 0.717) is 34.9 Å². The van der Waals surface area contributed by atoms with Crippen molar-refractivity contribution in [2.75, 3.05) is 18.5 Å². The van der Waals surface area contributed by atoms with Crippen LogP contribution in [0.2, 0.25) is 5.02 Å². The van der Waals surface area contributed by atoms with Crippen molar-refractivity contribution in [2.24, 2.45) is 0 Å². The molecule has 1 amide bonds. The van der Waals surface area contributed by atoms with Crippen LogP contribution < -0.4 is 10.6 Å². The molecule has 35 heavy (non-hydrogen) atoms. The molecule has 1 saturated heterocycles. The van der Waals surface area contributed by atoms with E-state index in [2.05, 4.69) is 20.6 Å². The highest BCUT2D eigenvalue weighted by molar-refractivity contribution is 6.33. The van der Waals surface area contributed by atoms with Crippen molar-refractivity contribution in [3.05, 3.63) is 70.3 Å². The number of likely N-dealkylation sites (tertiary alicyclic amines) is 1. The summed E-state index contributed by atoms with van der Waals surface area (Å²) in [5.74, 6) is -0.294. The number of benzene rings is 1. The fraction of sp³-hybridized carbons (Fsp3) is 0.320. The van der Waals surface area contributed by atoms with E-state index < -0.39 is 12.0 Å². The number of aliphatic hydroxyl groups excluding tert-OH is 2. The summed E-state index contributed by atoms with van der Waals surface area (Å²) in [5, 5.41) is 26.2. The van der Waals surface area contributed by atoms with Crippen molar-refractivity contribution in [2.45, 2.75) is 38.1 Å². The van der Waals surface area contributed by atoms with E-state index in [1.807, 2.05) is 11.0 Å². The van der Waals surface area contributed by atoms with Gasteiger partial charge in [0.15, 0.2) is 0 Å². The number of halogens is 2. The minimum Gasteiger partial charge on any atom is -0.395 e. The Balaban J connectivity index is 1.39. The van der Waals surface area contributed by atoms with E-state index in [0.717, 1.165) is 24.9 Å². The molecule has 3 aromatic rings. The number of pyridine rings is 2. The highest BCUT2D eigenvalue weighted by atomic mass is 35.5. The average Bonchev–Trinajstić information content (AvgIpc) is 3.47. The largest absolute Gasteiger partial charge is 0.395 e. The van der Waals surface area contributed by atoms with Gasteiger partial charge in [0.25, 0.3) is 5.91 Å². The van der Waals surface area contributed by atoms with E-state index in [-0.39, 0.29) is 35.7 Å². The van der Waals surface area contributed by atoms with Gasteiger partial charge >= 0.3 is 0 Å². The Morgan fingerprint density at radius 3 is 2.89 bits per heavy atom. The van der Waals surface area contributed by atoms with E-state index >= 15 is 0 Å². The minimum atomic E-state index is -0.699. The lowest BCUT2D eigenvalue weighted by Gasteiger charge is -2.28. The minimum absolute atomic E-state index is 0.0176. The fourth-order valence-electron chi connectivity index (χ4n) is 4.73. The quantitative estimate of drug-likeness (QED) is 0.396. The van der Waals surface area contributed by atoms with Gasteiger partial charge in [0.2, 0.25) is 0 Å². The van der Waals surface area contributed by atoms with Gasteiger partial charge in [0.05, 0.1) is 46.4 Å². The number of hydrogen-bond donors (Lipinski definition) is 4. The summed E-state index contributed by atoms with van der Waals surface area (Å²) in [7, 11) is 0. The fourth-order valence-corrected chi connectivity index (χ4v) is 4.99. The van der Waals surface area contributed by atoms with Crippen molar-refractivity contribution in [1.29, 1.82) is 0 Å². The molecule has 8 nitrogen and oxygen atoms in total. The standard InChI is InChI=1S/C25H25ClFN5O3/c26-16-4-1-5-17(27)23(16)18-10-19(24-20(30-18)12-29-25(24)35)31-21-7-6-14(11-28-21)9-22(34)32-8-2-3-15(32)13-33/h1,4-7,10-11,15,22,33-34H,2-3,8-9,12-13H2,(H,29,35)(H,28,30,31)/t15-,22?/m0/s1. The number of nitrogens with one attached hydrogen (secondary N) is 2. The zero-order valence-corrected chi connectivity index (χ0v) is 19.6. The van der Waals surface area contributed by atoms with Crippen LogP contribution in [0.1, 0.15) is 34.5 Å². The van der Waals surface area contributed by atoms with Crippen LogP contribution >= 0.6 is 11.6 Å². The van der Waals surface area contributed by atoms with E-state index in [9.17, 15) is 19.4 Å². The molecule has 0 aliphatic carbocycles. The Kier molecular flexibility index (Phi) is 6.66. The lowest BCUT2D eigenvalue weighted by molar-refractivity contribution is -0.0175. The first-order valence-electron chi connectivity index (χ1n) is 11.5. The lowest BCUT2D eigenvalue weighted by atomic mass is 10.1. The normalized spacial score (nSPS) is 18.4. The molecule has 2 aliphatic heterocycles. The SMILES string of the molecule is O=C1NCc2nc(-c3c(F)cccc3Cl)cc(Nc3ccc(CC(O)N4CCC[C@H]4CO)cn3)c21. The van der Waals surface area contributed by atoms with Crippen molar-refractivity contribution in [3.63, 3.8) is 0 Å². The van der Waals surface area contributed by atoms with E-state index in [1.165, 1.54) is 12.1 Å². The first-order chi connectivity index (χ1) is 16.9. The Morgan fingerprint density at radius 1 is 1.29 bits per heavy atom. The van der Waals surface area contributed by atoms with Crippen LogP contribution in [0, 0.1) is 5.82 Å². The number of nitrogens with zero attached hydrogens (tertiary/aromatic N) is 3. The maximum atomic E-state index is 14.6. The number of hydrogen-bond acceptors (Lipinski definition) is 7. The molecule has 1 unspecified atom stereocenters. The van der Waals surface area contributed by atoms with Gasteiger partial charge in [-0.1, -0.05) is 23.7 Å². The third-order valence-corrected chi connectivity index (χ3v) is 6.79. The maximum Gasteiger partial charge on any atom is 0.255 e. The number of fused-ring (bicyclic) bond motifs is 1. The summed E-state index contributed by atoms with van der Waals surface area (Å²) in [6, 6.07) is 9.60. The van der Waals surface area contributed by atoms with E-state index in [1.54, 1.807) is 24.4 Å². The zero-order chi connectivity index (χ0) is 24.5. The molecule has 0 bridgehead atoms. The number of carbonyl (C=O) groups excluding carboxylic acids is 1. The maximum absolute atomic E-state index is 14.6. The van der Waals surface area contributed by atoms with Gasteiger partial charge in [-0.25, -0.2) is 14.4 Å². The van der Waals surface area contributed by atoms with Crippen molar-refractivity contribution >= 4 is 29.0 Å². The molecule has 0 spiro atoms. The highest BCUT2D eigenvalue weighted by Gasteiger charge is 2.29. The number of carbonyl (C=O) groups is 1. The lowest BCUT2D eigenvalue weighted by Crippen LogP contribution is -2.42. The van der Waals surface area contributed by atoms with Crippen LogP contribution in [-0.2, 0) is 13.0 Å². The van der Waals surface area contributed by atoms with Gasteiger partial charge in [-0.2, -0.15) is 0 Å². The second-order valence-electron chi connectivity index (χ2n) is 8.73. The number of amides is 1. The molecule has 2 aromatic heterocycles. The summed E-state index contributed by atoms with van der Waals surface area (Å²) >= 11 is 6.25. The third-order valence-electron chi connectivity index (χ3n) is 6.48. The molecular formula is C25H25ClFN5O3. The molecular weight excluding hydrogens is 473 g/mol. The Hall–Kier alpha value is -3.11. The Bertz CT molecular complexity index is 1240. The smallest absolute Gasteiger partial charge is 0.255 e. The van der Waals surface area contributed by atoms with Crippen LogP contribution in [0.25, 0.3) is 11.3 Å². The van der Waals surface area contributed by atoms with Gasteiger partial charge in [0, 0.05) is 25.2 Å². The number of aliphatic hydroxyl groups is 2. The monoisotopic (exact) mass is 497 g/mol. The summed E-state index contributed by atoms with van der Waals surface area (Å²) in [5.41, 5.74) is 2.64. The van der Waals surface area contributed by atoms with Crippen molar-refractivity contribution < 1.29 is 19.4 Å². The molecule has 2 aliphatic rings. The summed E-state index contributed by atoms with van der Waals surface area (Å²) in [6.45, 7) is 1.02. The predicted octanol–water partition coefficient (Wildman–Crippen LogP) is 3.24. The van der Waals surface area contributed by atoms with Crippen molar-refractivity contribution in [3.8, 4) is 11.3 Å². The molecule has 2 atom stereocenters. The van der Waals surface area contributed by atoms with E-state index in [4.69, 9.17) is 11.6 Å². The average molecular weight is 498 g/mol. The summed E-state index contributed by atoms with van der Waals surface area (Å²) < 4.78 is 14.6. The van der Waals surface area contributed by atoms with Gasteiger partial charge in [-0.15, -0.1) is 0 Å². The topological polar surface area (TPSA) is 111 Å². The molecule has 1 aromatic carbocycles. The van der Waals surface area contributed by atoms with Crippen LogP contribution in [0.5, 0.6) is 0 Å². The molecule has 4 N–H and O–H groups in total. The van der Waals surface area contributed by atoms with Crippen LogP contribution in [-0.4, -0.2) is 56.4 Å². The van der Waals surface area contributed by atoms with Gasteiger partial charge in [-0.3, -0.25) is 9.69 Å². The van der Waals surface area contributed by atoms with Gasteiger partial charge in [0.1, 0.15) is 17.9 Å². The first-order valence-corrected chi connectivity index (χ1v) is 11.9. The van der Waals surface area contributed by atoms with Crippen LogP contribution in [0.15, 0.2) is 42.6 Å². The third kappa shape index (κ3) is 4.72. The number of anilines is 2. The zero-order valence-electron chi connectivity index (χ0n) is 18.8. The second kappa shape index (κ2) is 9.87. The van der Waals surface area contributed by atoms with Gasteiger partial charge < -0.3 is 20.8 Å². The first kappa shape index (κ1) is 23.6. The molecule has 10 heteroatoms. The predicted molar refractivity (Wildman–Crippen MR) is 130 cm³/mol. The molecule has 5 rings (SSSR count). The molecule has 182 valence electrons. The Morgan fingerprint density at radius 2 is 2.14 bits per heavy atom. The molecule has 4 heterocycles. The number of rotatable bonds is 7. The van der Waals surface area contributed by atoms with Crippen LogP contribution in [0.4, 0.5) is 15.9 Å². The highest BCUT2D eigenvalue weighted by Crippen LogP contribution is 2.35. The summed E-state index contributed by atoms with van der Waals surface area (Å²) in [6.07, 6.45) is 3.17. The Labute approximate surface area is 206 Å². The van der Waals surface area contributed by atoms with Crippen LogP contribution in [0.3, 0.4) is 0 Å². The van der Waals surface area contributed by atoms with Gasteiger partial charge in [-0.05, 0) is 42.7 Å². The number of aromatic nitrogens is 2. The molecule has 0 saturated carbocycles. The second-order valence-corrected chi connectivity index (χ2v) is 9.14. The molecule has 0 radical (unpaired) electrons. The van der Waals surface area contributed by atoms with Crippen molar-refractivity contribution in [1.82, 2.24) is 20.2 Å². The summed E-state index contributed by atoms with van der Waals surface area (Å²) in [4.78, 5) is 23.3.